The maximum atomic E-state index is 10.8. The summed E-state index contributed by atoms with van der Waals surface area (Å²) in [5.41, 5.74) is 1.64. The Morgan fingerprint density at radius 1 is 1.41 bits per heavy atom. The summed E-state index contributed by atoms with van der Waals surface area (Å²) < 4.78 is 0. The fourth-order valence-electron chi connectivity index (χ4n) is 1.51. The number of aromatic nitrogens is 1. The number of nitriles is 1. The predicted octanol–water partition coefficient (Wildman–Crippen LogP) is 2.13. The molecule has 0 radical (unpaired) electrons. The van der Waals surface area contributed by atoms with Gasteiger partial charge in [-0.3, -0.25) is 0 Å². The average molecular weight is 224 g/mol. The first-order chi connectivity index (χ1) is 8.20. The number of aromatic carboxylic acids is 1. The second-order valence-corrected chi connectivity index (χ2v) is 3.43. The minimum absolute atomic E-state index is 0.155. The summed E-state index contributed by atoms with van der Waals surface area (Å²) in [7, 11) is 0. The van der Waals surface area contributed by atoms with Crippen LogP contribution in [0.5, 0.6) is 0 Å². The Morgan fingerprint density at radius 2 is 2.24 bits per heavy atom. The van der Waals surface area contributed by atoms with Crippen molar-refractivity contribution < 1.29 is 9.90 Å². The number of carboxylic acids is 1. The molecule has 4 nitrogen and oxygen atoms in total. The minimum atomic E-state index is -0.988. The molecule has 1 heterocycles. The Morgan fingerprint density at radius 3 is 2.94 bits per heavy atom. The van der Waals surface area contributed by atoms with Crippen molar-refractivity contribution in [1.82, 2.24) is 4.98 Å². The highest BCUT2D eigenvalue weighted by Crippen LogP contribution is 2.16. The van der Waals surface area contributed by atoms with Crippen molar-refractivity contribution in [3.05, 3.63) is 35.5 Å². The van der Waals surface area contributed by atoms with Crippen LogP contribution >= 0.6 is 0 Å². The molecule has 0 aliphatic carbocycles. The van der Waals surface area contributed by atoms with E-state index in [1.54, 1.807) is 24.3 Å². The summed E-state index contributed by atoms with van der Waals surface area (Å²) in [6.45, 7) is 0. The number of carboxylic acid groups (broad SMARTS) is 1. The first-order valence-electron chi connectivity index (χ1n) is 4.92. The predicted molar refractivity (Wildman–Crippen MR) is 62.4 cm³/mol. The molecule has 2 rings (SSSR count). The second kappa shape index (κ2) is 4.42. The largest absolute Gasteiger partial charge is 0.477 e. The van der Waals surface area contributed by atoms with Crippen LogP contribution in [0, 0.1) is 23.2 Å². The van der Waals surface area contributed by atoms with E-state index in [0.717, 1.165) is 16.5 Å². The first kappa shape index (κ1) is 10.8. The molecule has 17 heavy (non-hydrogen) atoms. The molecule has 0 amide bonds. The average Bonchev–Trinajstić information content (AvgIpc) is 2.72. The van der Waals surface area contributed by atoms with Gasteiger partial charge in [-0.1, -0.05) is 17.9 Å². The zero-order valence-electron chi connectivity index (χ0n) is 8.82. The van der Waals surface area contributed by atoms with Gasteiger partial charge in [0.25, 0.3) is 0 Å². The van der Waals surface area contributed by atoms with Crippen LogP contribution in [0.2, 0.25) is 0 Å². The quantitative estimate of drug-likeness (QED) is 0.728. The lowest BCUT2D eigenvalue weighted by Gasteiger charge is -1.91. The van der Waals surface area contributed by atoms with E-state index in [1.165, 1.54) is 0 Å². The molecule has 2 N–H and O–H groups in total. The molecule has 0 spiro atoms. The van der Waals surface area contributed by atoms with E-state index in [4.69, 9.17) is 10.4 Å². The number of hydrogen-bond donors (Lipinski definition) is 2. The number of fused-ring (bicyclic) bond motifs is 1. The SMILES string of the molecule is N#CCC#Cc1ccc2cc(C(=O)O)[nH]c2c1. The van der Waals surface area contributed by atoms with Crippen LogP contribution in [0.15, 0.2) is 24.3 Å². The van der Waals surface area contributed by atoms with Crippen molar-refractivity contribution in [3.8, 4) is 17.9 Å². The third-order valence-corrected chi connectivity index (χ3v) is 2.25. The summed E-state index contributed by atoms with van der Waals surface area (Å²) in [6.07, 6.45) is 0.184. The van der Waals surface area contributed by atoms with Crippen molar-refractivity contribution in [2.24, 2.45) is 0 Å². The Balaban J connectivity index is 2.42. The van der Waals surface area contributed by atoms with E-state index >= 15 is 0 Å². The van der Waals surface area contributed by atoms with E-state index in [9.17, 15) is 4.79 Å². The molecule has 2 aromatic rings. The fraction of sp³-hybridized carbons (Fsp3) is 0.0769. The van der Waals surface area contributed by atoms with Gasteiger partial charge in [0.15, 0.2) is 0 Å². The smallest absolute Gasteiger partial charge is 0.352 e. The number of benzene rings is 1. The Hall–Kier alpha value is -2.72. The number of H-pyrrole nitrogens is 1. The molecular formula is C13H8N2O2. The Labute approximate surface area is 97.5 Å². The van der Waals surface area contributed by atoms with E-state index in [0.29, 0.717) is 0 Å². The number of rotatable bonds is 1. The van der Waals surface area contributed by atoms with Crippen LogP contribution in [0.1, 0.15) is 22.5 Å². The molecule has 4 heteroatoms. The molecule has 0 aliphatic heterocycles. The Kier molecular flexibility index (Phi) is 2.81. The number of nitrogens with one attached hydrogen (secondary N) is 1. The maximum Gasteiger partial charge on any atom is 0.352 e. The molecular weight excluding hydrogens is 216 g/mol. The van der Waals surface area contributed by atoms with Crippen molar-refractivity contribution >= 4 is 16.9 Å². The second-order valence-electron chi connectivity index (χ2n) is 3.43. The summed E-state index contributed by atoms with van der Waals surface area (Å²) in [6, 6.07) is 8.88. The molecule has 0 bridgehead atoms. The number of carbonyl (C=O) groups is 1. The van der Waals surface area contributed by atoms with Gasteiger partial charge in [-0.25, -0.2) is 4.79 Å². The normalized spacial score (nSPS) is 9.35. The highest BCUT2D eigenvalue weighted by Gasteiger charge is 2.06. The summed E-state index contributed by atoms with van der Waals surface area (Å²) in [4.78, 5) is 13.6. The van der Waals surface area contributed by atoms with Crippen LogP contribution in [0.3, 0.4) is 0 Å². The summed E-state index contributed by atoms with van der Waals surface area (Å²) >= 11 is 0. The van der Waals surface area contributed by atoms with Gasteiger partial charge < -0.3 is 10.1 Å². The molecule has 1 aromatic heterocycles. The first-order valence-corrected chi connectivity index (χ1v) is 4.92. The van der Waals surface area contributed by atoms with Crippen LogP contribution in [-0.2, 0) is 0 Å². The van der Waals surface area contributed by atoms with Gasteiger partial charge in [-0.05, 0) is 18.2 Å². The standard InChI is InChI=1S/C13H8N2O2/c14-6-2-1-3-9-4-5-10-8-12(13(16)17)15-11(10)7-9/h4-5,7-8,15H,2H2,(H,16,17). The topological polar surface area (TPSA) is 76.9 Å². The molecule has 0 saturated heterocycles. The van der Waals surface area contributed by atoms with E-state index < -0.39 is 5.97 Å². The van der Waals surface area contributed by atoms with Crippen molar-refractivity contribution in [1.29, 1.82) is 5.26 Å². The lowest BCUT2D eigenvalue weighted by atomic mass is 10.1. The lowest BCUT2D eigenvalue weighted by Crippen LogP contribution is -1.94. The van der Waals surface area contributed by atoms with Crippen LogP contribution in [-0.4, -0.2) is 16.1 Å². The monoisotopic (exact) mass is 224 g/mol. The molecule has 1 aromatic carbocycles. The van der Waals surface area contributed by atoms with Gasteiger partial charge in [0.05, 0.1) is 12.5 Å². The fourth-order valence-corrected chi connectivity index (χ4v) is 1.51. The zero-order valence-corrected chi connectivity index (χ0v) is 8.82. The zero-order chi connectivity index (χ0) is 12.3. The van der Waals surface area contributed by atoms with Crippen LogP contribution in [0.4, 0.5) is 0 Å². The van der Waals surface area contributed by atoms with Gasteiger partial charge in [-0.15, -0.1) is 0 Å². The van der Waals surface area contributed by atoms with E-state index in [1.807, 2.05) is 6.07 Å². The summed E-state index contributed by atoms with van der Waals surface area (Å²) in [5, 5.41) is 18.0. The van der Waals surface area contributed by atoms with Crippen molar-refractivity contribution in [2.75, 3.05) is 0 Å². The molecule has 0 atom stereocenters. The van der Waals surface area contributed by atoms with Gasteiger partial charge >= 0.3 is 5.97 Å². The highest BCUT2D eigenvalue weighted by molar-refractivity contribution is 5.94. The van der Waals surface area contributed by atoms with E-state index in [2.05, 4.69) is 16.8 Å². The maximum absolute atomic E-state index is 10.8. The summed E-state index contributed by atoms with van der Waals surface area (Å²) in [5.74, 6) is 4.55. The Bertz CT molecular complexity index is 681. The van der Waals surface area contributed by atoms with Crippen molar-refractivity contribution in [2.45, 2.75) is 6.42 Å². The third-order valence-electron chi connectivity index (χ3n) is 2.25. The third kappa shape index (κ3) is 2.27. The molecule has 82 valence electrons. The van der Waals surface area contributed by atoms with Gasteiger partial charge in [0, 0.05) is 16.5 Å². The van der Waals surface area contributed by atoms with Crippen LogP contribution < -0.4 is 0 Å². The molecule has 0 fully saturated rings. The van der Waals surface area contributed by atoms with Gasteiger partial charge in [-0.2, -0.15) is 5.26 Å². The molecule has 0 saturated carbocycles. The minimum Gasteiger partial charge on any atom is -0.477 e. The van der Waals surface area contributed by atoms with Gasteiger partial charge in [0.2, 0.25) is 0 Å². The van der Waals surface area contributed by atoms with Crippen molar-refractivity contribution in [3.63, 3.8) is 0 Å². The number of aromatic amines is 1. The molecule has 0 aliphatic rings. The van der Waals surface area contributed by atoms with E-state index in [-0.39, 0.29) is 12.1 Å². The lowest BCUT2D eigenvalue weighted by molar-refractivity contribution is 0.0691. The highest BCUT2D eigenvalue weighted by atomic mass is 16.4. The van der Waals surface area contributed by atoms with Gasteiger partial charge in [0.1, 0.15) is 5.69 Å². The number of hydrogen-bond acceptors (Lipinski definition) is 2. The molecule has 0 unspecified atom stereocenters. The number of nitrogens with zero attached hydrogens (tertiary/aromatic N) is 1. The van der Waals surface area contributed by atoms with Crippen LogP contribution in [0.25, 0.3) is 10.9 Å².